The van der Waals surface area contributed by atoms with E-state index in [-0.39, 0.29) is 38.4 Å². The standard InChI is InChI=1S/C49H48N2O4Si.C10H10Cl2Si/c1-29-15-13-16-30(2)43(29)50-45-46(51-44-31(3)17-14-18-32(44)4)53-40-25-37-35(23-39(40)52-45)47(5,6)27-49(37)28-48(7,8)36-24-41-42(26-38(36)49)55-56(54-41,33-19-9-10-20-33)34-21-11-12-22-34;11-13(12,9-5-1-2-6-9)10-7-3-4-8-10/h9-26,33-34H,27-28H2,1-8H3;1-10H/t49-;/m0./s1. The van der Waals surface area contributed by atoms with Crippen LogP contribution in [0.2, 0.25) is 22.2 Å². The summed E-state index contributed by atoms with van der Waals surface area (Å²) in [6.45, 7) is 15.5. The molecule has 4 aromatic carbocycles. The summed E-state index contributed by atoms with van der Waals surface area (Å²) < 4.78 is 28.0. The van der Waals surface area contributed by atoms with Crippen molar-refractivity contribution in [3.05, 3.63) is 213 Å². The quantitative estimate of drug-likeness (QED) is 0.126. The van der Waals surface area contributed by atoms with Crippen LogP contribution in [0.3, 0.4) is 0 Å². The highest BCUT2D eigenvalue weighted by Gasteiger charge is 2.61. The van der Waals surface area contributed by atoms with Gasteiger partial charge in [0, 0.05) is 16.5 Å². The molecule has 0 amide bonds. The predicted molar refractivity (Wildman–Crippen MR) is 286 cm³/mol. The van der Waals surface area contributed by atoms with Gasteiger partial charge in [-0.1, -0.05) is 161 Å². The second-order valence-electron chi connectivity index (χ2n) is 21.2. The smallest absolute Gasteiger partial charge is 0.482 e. The summed E-state index contributed by atoms with van der Waals surface area (Å²) in [5.41, 5.74) is 13.5. The average Bonchev–Trinajstić information content (AvgIpc) is 4.17. The maximum atomic E-state index is 7.19. The first-order valence-corrected chi connectivity index (χ1v) is 30.3. The van der Waals surface area contributed by atoms with Gasteiger partial charge in [-0.05, 0) is 120 Å². The lowest BCUT2D eigenvalue weighted by molar-refractivity contribution is 0.349. The van der Waals surface area contributed by atoms with Gasteiger partial charge < -0.3 is 17.7 Å². The Bertz CT molecular complexity index is 3230. The van der Waals surface area contributed by atoms with Gasteiger partial charge in [-0.15, -0.1) is 22.2 Å². The number of hydrogen-bond donors (Lipinski definition) is 0. The molecule has 1 aliphatic heterocycles. The highest BCUT2D eigenvalue weighted by Crippen LogP contribution is 2.65. The van der Waals surface area contributed by atoms with Gasteiger partial charge in [-0.3, -0.25) is 0 Å². The van der Waals surface area contributed by atoms with Crippen LogP contribution in [0.25, 0.3) is 11.2 Å². The summed E-state index contributed by atoms with van der Waals surface area (Å²) in [6, 6.07) is 21.5. The van der Waals surface area contributed by atoms with Gasteiger partial charge in [-0.25, -0.2) is 9.98 Å². The molecule has 1 spiro atoms. The maximum absolute atomic E-state index is 7.19. The van der Waals surface area contributed by atoms with Crippen molar-refractivity contribution >= 4 is 60.0 Å². The zero-order valence-corrected chi connectivity index (χ0v) is 44.0. The van der Waals surface area contributed by atoms with Crippen molar-refractivity contribution in [3.63, 3.8) is 0 Å². The zero-order chi connectivity index (χ0) is 48.1. The van der Waals surface area contributed by atoms with E-state index >= 15 is 0 Å². The molecule has 6 aliphatic carbocycles. The first-order chi connectivity index (χ1) is 33.0. The summed E-state index contributed by atoms with van der Waals surface area (Å²) in [4.78, 5) is 10.2. The van der Waals surface area contributed by atoms with Crippen molar-refractivity contribution < 1.29 is 17.7 Å². The molecular formula is C59H58Cl2N2O4Si2. The Morgan fingerprint density at radius 2 is 0.855 bits per heavy atom. The van der Waals surface area contributed by atoms with Crippen LogP contribution in [-0.2, 0) is 16.2 Å². The number of halogens is 2. The van der Waals surface area contributed by atoms with Crippen molar-refractivity contribution in [1.82, 2.24) is 0 Å². The summed E-state index contributed by atoms with van der Waals surface area (Å²) in [5, 5.41) is 0. The number of benzene rings is 4. The Morgan fingerprint density at radius 1 is 0.507 bits per heavy atom. The van der Waals surface area contributed by atoms with Gasteiger partial charge in [-0.2, -0.15) is 0 Å². The third-order valence-corrected chi connectivity index (χ3v) is 24.7. The molecule has 6 nitrogen and oxygen atoms in total. The molecule has 1 atom stereocenters. The normalized spacial score (nSPS) is 22.6. The fourth-order valence-electron chi connectivity index (χ4n) is 12.1. The van der Waals surface area contributed by atoms with Crippen LogP contribution < -0.4 is 20.0 Å². The van der Waals surface area contributed by atoms with Gasteiger partial charge in [0.05, 0.1) is 22.5 Å². The van der Waals surface area contributed by atoms with Crippen LogP contribution in [0.5, 0.6) is 11.5 Å². The number of allylic oxidation sites excluding steroid dienone is 16. The molecule has 2 heterocycles. The van der Waals surface area contributed by atoms with Gasteiger partial charge in [0.1, 0.15) is 11.5 Å². The summed E-state index contributed by atoms with van der Waals surface area (Å²) >= 11 is 12.9. The van der Waals surface area contributed by atoms with Gasteiger partial charge >= 0.3 is 8.56 Å². The Labute approximate surface area is 416 Å². The number of para-hydroxylation sites is 2. The first kappa shape index (κ1) is 45.8. The first-order valence-electron chi connectivity index (χ1n) is 24.2. The SMILES string of the molecule is Cc1cccc(C)c1N=c1oc2cc3c(cc2oc1=Nc1c(C)cccc1C)[C@@]1(CC(C)(C)c2cc4c(cc21)O[Si](C1C=CC=C1)(C1C=CC=C1)O4)CC3(C)C.Cl[Si](Cl)(C1C=CC=C1)C1C=CC=C1. The molecule has 5 aromatic rings. The third kappa shape index (κ3) is 7.65. The lowest BCUT2D eigenvalue weighted by Gasteiger charge is -2.31. The van der Waals surface area contributed by atoms with E-state index in [1.54, 1.807) is 0 Å². The van der Waals surface area contributed by atoms with E-state index < -0.39 is 15.3 Å². The molecule has 350 valence electrons. The summed E-state index contributed by atoms with van der Waals surface area (Å²) in [7, 11) is -2.82. The number of nitrogens with zero attached hydrogens (tertiary/aromatic N) is 2. The molecule has 0 saturated carbocycles. The third-order valence-electron chi connectivity index (χ3n) is 15.4. The number of fused-ring (bicyclic) bond motifs is 6. The van der Waals surface area contributed by atoms with E-state index in [0.717, 1.165) is 58.0 Å². The second-order valence-corrected chi connectivity index (χ2v) is 31.4. The number of aryl methyl sites for hydroxylation is 4. The van der Waals surface area contributed by atoms with Crippen molar-refractivity contribution in [2.45, 2.75) is 107 Å². The van der Waals surface area contributed by atoms with Gasteiger partial charge in [0.25, 0.3) is 17.8 Å². The number of rotatable bonds is 6. The zero-order valence-electron chi connectivity index (χ0n) is 40.5. The fraction of sp³-hybridized carbons (Fsp3) is 0.288. The second kappa shape index (κ2) is 16.8. The summed E-state index contributed by atoms with van der Waals surface area (Å²) in [6.07, 6.45) is 35.8. The highest BCUT2D eigenvalue weighted by molar-refractivity contribution is 7.47. The minimum atomic E-state index is -2.82. The van der Waals surface area contributed by atoms with Crippen LogP contribution in [0, 0.1) is 27.7 Å². The lowest BCUT2D eigenvalue weighted by atomic mass is 9.72. The molecule has 7 aliphatic rings. The molecule has 0 bridgehead atoms. The van der Waals surface area contributed by atoms with E-state index in [2.05, 4.69) is 189 Å². The van der Waals surface area contributed by atoms with Crippen LogP contribution in [0.1, 0.15) is 85.0 Å². The van der Waals surface area contributed by atoms with Crippen molar-refractivity contribution in [2.24, 2.45) is 9.98 Å². The molecule has 0 saturated heterocycles. The van der Waals surface area contributed by atoms with Crippen LogP contribution in [0.4, 0.5) is 11.4 Å². The van der Waals surface area contributed by atoms with Crippen LogP contribution in [-0.4, -0.2) is 15.3 Å². The molecular weight excluding hydrogens is 928 g/mol. The largest absolute Gasteiger partial charge is 0.508 e. The molecule has 0 fully saturated rings. The minimum Gasteiger partial charge on any atom is -0.508 e. The molecule has 12 rings (SSSR count). The topological polar surface area (TPSA) is 69.5 Å². The van der Waals surface area contributed by atoms with Crippen LogP contribution in [0.15, 0.2) is 177 Å². The fourth-order valence-corrected chi connectivity index (χ4v) is 19.3. The van der Waals surface area contributed by atoms with Crippen LogP contribution >= 0.6 is 22.2 Å². The Morgan fingerprint density at radius 3 is 1.28 bits per heavy atom. The van der Waals surface area contributed by atoms with Crippen molar-refractivity contribution in [1.29, 1.82) is 0 Å². The van der Waals surface area contributed by atoms with E-state index in [4.69, 9.17) is 49.8 Å². The maximum Gasteiger partial charge on any atom is 0.482 e. The van der Waals surface area contributed by atoms with Gasteiger partial charge in [0.2, 0.25) is 0 Å². The van der Waals surface area contributed by atoms with E-state index in [9.17, 15) is 0 Å². The van der Waals surface area contributed by atoms with Crippen molar-refractivity contribution in [3.8, 4) is 11.5 Å². The average molecular weight is 986 g/mol. The lowest BCUT2D eigenvalue weighted by Crippen LogP contribution is -2.51. The van der Waals surface area contributed by atoms with Gasteiger partial charge in [0.15, 0.2) is 11.2 Å². The molecule has 0 radical (unpaired) electrons. The molecule has 1 aromatic heterocycles. The molecule has 0 unspecified atom stereocenters. The Balaban J connectivity index is 0.000000346. The minimum absolute atomic E-state index is 0.105. The van der Waals surface area contributed by atoms with E-state index in [1.165, 1.54) is 22.3 Å². The van der Waals surface area contributed by atoms with Crippen molar-refractivity contribution in [2.75, 3.05) is 0 Å². The highest BCUT2D eigenvalue weighted by atomic mass is 35.7. The predicted octanol–water partition coefficient (Wildman–Crippen LogP) is 15.5. The monoisotopic (exact) mass is 984 g/mol. The molecule has 10 heteroatoms. The van der Waals surface area contributed by atoms with E-state index in [0.29, 0.717) is 22.3 Å². The number of hydrogen-bond acceptors (Lipinski definition) is 6. The van der Waals surface area contributed by atoms with E-state index in [1.807, 2.05) is 24.3 Å². The Hall–Kier alpha value is -5.65. The Kier molecular flexibility index (Phi) is 11.1. The molecule has 69 heavy (non-hydrogen) atoms. The molecule has 0 N–H and O–H groups in total. The summed E-state index contributed by atoms with van der Waals surface area (Å²) in [5.74, 6) is 1.75.